The Kier molecular flexibility index (Phi) is 5.70. The average Bonchev–Trinajstić information content (AvgIpc) is 3.15. The molecule has 1 amide bonds. The normalized spacial score (nSPS) is 10.5. The molecule has 1 aromatic carbocycles. The standard InChI is InChI=1S/C21H19N3O4/c1-14-8-9-19(28-14)18-12-16(15-6-3-4-7-17(15)23-18)21(26)27-13-20(25)24(2)11-5-10-22/h3-4,6-9,12H,5,11,13H2,1-2H3. The predicted molar refractivity (Wildman–Crippen MR) is 102 cm³/mol. The summed E-state index contributed by atoms with van der Waals surface area (Å²) < 4.78 is 10.8. The Balaban J connectivity index is 1.86. The number of fused-ring (bicyclic) bond motifs is 1. The molecule has 142 valence electrons. The number of carbonyl (C=O) groups is 2. The molecule has 0 saturated carbocycles. The van der Waals surface area contributed by atoms with Gasteiger partial charge in [-0.3, -0.25) is 4.79 Å². The molecule has 0 unspecified atom stereocenters. The van der Waals surface area contributed by atoms with Crippen molar-refractivity contribution in [3.8, 4) is 17.5 Å². The fraction of sp³-hybridized carbons (Fsp3) is 0.238. The highest BCUT2D eigenvalue weighted by molar-refractivity contribution is 6.05. The van der Waals surface area contributed by atoms with Crippen LogP contribution >= 0.6 is 0 Å². The maximum Gasteiger partial charge on any atom is 0.339 e. The number of benzene rings is 1. The molecule has 2 aromatic heterocycles. The first kappa shape index (κ1) is 19.1. The molecule has 0 radical (unpaired) electrons. The zero-order valence-corrected chi connectivity index (χ0v) is 15.6. The van der Waals surface area contributed by atoms with Crippen LogP contribution in [-0.2, 0) is 9.53 Å². The molecule has 0 saturated heterocycles. The average molecular weight is 377 g/mol. The Labute approximate surface area is 162 Å². The van der Waals surface area contributed by atoms with E-state index in [0.29, 0.717) is 27.9 Å². The van der Waals surface area contributed by atoms with E-state index < -0.39 is 12.6 Å². The lowest BCUT2D eigenvalue weighted by atomic mass is 10.1. The van der Waals surface area contributed by atoms with Gasteiger partial charge < -0.3 is 14.1 Å². The second-order valence-electron chi connectivity index (χ2n) is 6.28. The Morgan fingerprint density at radius 1 is 1.25 bits per heavy atom. The molecule has 0 aliphatic carbocycles. The summed E-state index contributed by atoms with van der Waals surface area (Å²) in [6.07, 6.45) is 0.219. The van der Waals surface area contributed by atoms with Crippen LogP contribution < -0.4 is 0 Å². The number of esters is 1. The van der Waals surface area contributed by atoms with Crippen molar-refractivity contribution in [3.05, 3.63) is 53.8 Å². The van der Waals surface area contributed by atoms with Crippen molar-refractivity contribution in [2.45, 2.75) is 13.3 Å². The molecule has 2 heterocycles. The Bertz CT molecular complexity index is 1060. The van der Waals surface area contributed by atoms with Crippen LogP contribution in [0.4, 0.5) is 0 Å². The van der Waals surface area contributed by atoms with Crippen molar-refractivity contribution in [3.63, 3.8) is 0 Å². The lowest BCUT2D eigenvalue weighted by molar-refractivity contribution is -0.133. The molecular weight excluding hydrogens is 358 g/mol. The lowest BCUT2D eigenvalue weighted by Gasteiger charge is -2.15. The SMILES string of the molecule is Cc1ccc(-c2cc(C(=O)OCC(=O)N(C)CCC#N)c3ccccc3n2)o1. The Morgan fingerprint density at radius 2 is 2.04 bits per heavy atom. The monoisotopic (exact) mass is 377 g/mol. The Hall–Kier alpha value is -3.66. The quantitative estimate of drug-likeness (QED) is 0.611. The third-order valence-electron chi connectivity index (χ3n) is 4.24. The topological polar surface area (TPSA) is 96.4 Å². The van der Waals surface area contributed by atoms with E-state index in [0.717, 1.165) is 5.76 Å². The number of carbonyl (C=O) groups excluding carboxylic acids is 2. The summed E-state index contributed by atoms with van der Waals surface area (Å²) in [6.45, 7) is 1.72. The number of furan rings is 1. The number of rotatable bonds is 6. The number of hydrogen-bond donors (Lipinski definition) is 0. The highest BCUT2D eigenvalue weighted by atomic mass is 16.5. The summed E-state index contributed by atoms with van der Waals surface area (Å²) in [5.41, 5.74) is 1.44. The van der Waals surface area contributed by atoms with E-state index in [1.54, 1.807) is 37.4 Å². The minimum Gasteiger partial charge on any atom is -0.460 e. The molecule has 0 fully saturated rings. The van der Waals surface area contributed by atoms with E-state index in [2.05, 4.69) is 4.98 Å². The highest BCUT2D eigenvalue weighted by Gasteiger charge is 2.18. The van der Waals surface area contributed by atoms with Crippen molar-refractivity contribution in [1.82, 2.24) is 9.88 Å². The number of hydrogen-bond acceptors (Lipinski definition) is 6. The number of ether oxygens (including phenoxy) is 1. The summed E-state index contributed by atoms with van der Waals surface area (Å²) in [7, 11) is 1.56. The summed E-state index contributed by atoms with van der Waals surface area (Å²) >= 11 is 0. The van der Waals surface area contributed by atoms with Crippen LogP contribution in [0, 0.1) is 18.3 Å². The third kappa shape index (κ3) is 4.18. The molecule has 3 rings (SSSR count). The van der Waals surface area contributed by atoms with Crippen LogP contribution in [0.1, 0.15) is 22.5 Å². The summed E-state index contributed by atoms with van der Waals surface area (Å²) in [6, 6.07) is 14.4. The maximum atomic E-state index is 12.7. The summed E-state index contributed by atoms with van der Waals surface area (Å²) in [5, 5.41) is 9.23. The molecule has 0 spiro atoms. The first-order valence-electron chi connectivity index (χ1n) is 8.74. The van der Waals surface area contributed by atoms with Gasteiger partial charge in [0.05, 0.1) is 23.6 Å². The minimum atomic E-state index is -0.620. The third-order valence-corrected chi connectivity index (χ3v) is 4.24. The van der Waals surface area contributed by atoms with Crippen LogP contribution in [0.3, 0.4) is 0 Å². The first-order valence-corrected chi connectivity index (χ1v) is 8.74. The zero-order valence-electron chi connectivity index (χ0n) is 15.6. The number of amides is 1. The van der Waals surface area contributed by atoms with Crippen molar-refractivity contribution in [2.75, 3.05) is 20.2 Å². The van der Waals surface area contributed by atoms with Crippen LogP contribution in [0.15, 0.2) is 46.9 Å². The number of aromatic nitrogens is 1. The molecule has 28 heavy (non-hydrogen) atoms. The number of nitrogens with zero attached hydrogens (tertiary/aromatic N) is 3. The van der Waals surface area contributed by atoms with Crippen LogP contribution in [-0.4, -0.2) is 42.0 Å². The summed E-state index contributed by atoms with van der Waals surface area (Å²) in [5.74, 6) is 0.290. The summed E-state index contributed by atoms with van der Waals surface area (Å²) in [4.78, 5) is 30.6. The second-order valence-corrected chi connectivity index (χ2v) is 6.28. The Morgan fingerprint density at radius 3 is 2.75 bits per heavy atom. The maximum absolute atomic E-state index is 12.7. The van der Waals surface area contributed by atoms with Gasteiger partial charge in [0, 0.05) is 19.0 Å². The molecule has 7 heteroatoms. The van der Waals surface area contributed by atoms with E-state index in [4.69, 9.17) is 14.4 Å². The molecule has 3 aromatic rings. The van der Waals surface area contributed by atoms with Gasteiger partial charge in [0.15, 0.2) is 12.4 Å². The predicted octanol–water partition coefficient (Wildman–Crippen LogP) is 3.33. The molecule has 0 atom stereocenters. The van der Waals surface area contributed by atoms with Gasteiger partial charge in [-0.05, 0) is 31.2 Å². The fourth-order valence-corrected chi connectivity index (χ4v) is 2.70. The minimum absolute atomic E-state index is 0.219. The number of para-hydroxylation sites is 1. The second kappa shape index (κ2) is 8.35. The molecule has 0 aliphatic heterocycles. The van der Waals surface area contributed by atoms with E-state index >= 15 is 0 Å². The largest absolute Gasteiger partial charge is 0.460 e. The van der Waals surface area contributed by atoms with Crippen molar-refractivity contribution in [1.29, 1.82) is 5.26 Å². The van der Waals surface area contributed by atoms with Crippen LogP contribution in [0.25, 0.3) is 22.4 Å². The smallest absolute Gasteiger partial charge is 0.339 e. The van der Waals surface area contributed by atoms with Gasteiger partial charge in [0.1, 0.15) is 11.5 Å². The fourth-order valence-electron chi connectivity index (χ4n) is 2.70. The van der Waals surface area contributed by atoms with Gasteiger partial charge in [-0.15, -0.1) is 0 Å². The zero-order chi connectivity index (χ0) is 20.1. The van der Waals surface area contributed by atoms with Gasteiger partial charge in [-0.1, -0.05) is 18.2 Å². The van der Waals surface area contributed by atoms with Crippen LogP contribution in [0.2, 0.25) is 0 Å². The molecular formula is C21H19N3O4. The number of nitriles is 1. The number of pyridine rings is 1. The number of likely N-dealkylation sites (N-methyl/N-ethyl adjacent to an activating group) is 1. The van der Waals surface area contributed by atoms with Crippen molar-refractivity contribution >= 4 is 22.8 Å². The molecule has 0 bridgehead atoms. The number of aryl methyl sites for hydroxylation is 1. The van der Waals surface area contributed by atoms with Crippen molar-refractivity contribution < 1.29 is 18.7 Å². The molecule has 7 nitrogen and oxygen atoms in total. The molecule has 0 aliphatic rings. The lowest BCUT2D eigenvalue weighted by Crippen LogP contribution is -2.32. The van der Waals surface area contributed by atoms with Gasteiger partial charge >= 0.3 is 5.97 Å². The van der Waals surface area contributed by atoms with E-state index in [9.17, 15) is 9.59 Å². The van der Waals surface area contributed by atoms with Gasteiger partial charge in [0.2, 0.25) is 0 Å². The molecule has 0 N–H and O–H groups in total. The van der Waals surface area contributed by atoms with E-state index in [1.807, 2.05) is 25.1 Å². The first-order chi connectivity index (χ1) is 13.5. The van der Waals surface area contributed by atoms with Gasteiger partial charge in [-0.2, -0.15) is 5.26 Å². The van der Waals surface area contributed by atoms with E-state index in [-0.39, 0.29) is 18.9 Å². The van der Waals surface area contributed by atoms with Gasteiger partial charge in [0.25, 0.3) is 5.91 Å². The van der Waals surface area contributed by atoms with Crippen molar-refractivity contribution in [2.24, 2.45) is 0 Å². The van der Waals surface area contributed by atoms with Crippen LogP contribution in [0.5, 0.6) is 0 Å². The highest BCUT2D eigenvalue weighted by Crippen LogP contribution is 2.26. The van der Waals surface area contributed by atoms with Gasteiger partial charge in [-0.25, -0.2) is 9.78 Å². The van der Waals surface area contributed by atoms with E-state index in [1.165, 1.54) is 4.90 Å².